The van der Waals surface area contributed by atoms with Gasteiger partial charge in [-0.15, -0.1) is 11.8 Å². The van der Waals surface area contributed by atoms with Gasteiger partial charge >= 0.3 is 0 Å². The van der Waals surface area contributed by atoms with Crippen LogP contribution in [0, 0.1) is 0 Å². The average molecular weight is 349 g/mol. The molecule has 0 radical (unpaired) electrons. The summed E-state index contributed by atoms with van der Waals surface area (Å²) in [7, 11) is 0. The van der Waals surface area contributed by atoms with Gasteiger partial charge in [-0.05, 0) is 37.1 Å². The molecule has 1 aliphatic rings. The topological polar surface area (TPSA) is 54.9 Å². The molecule has 1 aromatic heterocycles. The largest absolute Gasteiger partial charge is 0.320 e. The standard InChI is InChI=1S/C20H19N3OS/c24-20(18-13-21-15-9-3-4-10-16(15)22-18)23-17-11-5-6-12-19(17)25-14-7-1-2-8-14/h3-6,9-14H,1-2,7-8H2,(H,23,24). The molecule has 1 amide bonds. The van der Waals surface area contributed by atoms with Crippen molar-refractivity contribution in [3.8, 4) is 0 Å². The molecule has 0 spiro atoms. The Morgan fingerprint density at radius 1 is 1.00 bits per heavy atom. The smallest absolute Gasteiger partial charge is 0.275 e. The number of anilines is 1. The lowest BCUT2D eigenvalue weighted by molar-refractivity contribution is 0.102. The summed E-state index contributed by atoms with van der Waals surface area (Å²) in [6, 6.07) is 15.5. The maximum absolute atomic E-state index is 12.6. The zero-order valence-electron chi connectivity index (χ0n) is 13.8. The summed E-state index contributed by atoms with van der Waals surface area (Å²) in [5.74, 6) is -0.224. The second kappa shape index (κ2) is 7.23. The van der Waals surface area contributed by atoms with E-state index in [0.29, 0.717) is 10.9 Å². The average Bonchev–Trinajstić information content (AvgIpc) is 3.16. The first-order valence-electron chi connectivity index (χ1n) is 8.58. The zero-order chi connectivity index (χ0) is 17.1. The lowest BCUT2D eigenvalue weighted by Crippen LogP contribution is -2.15. The number of nitrogens with zero attached hydrogens (tertiary/aromatic N) is 2. The number of para-hydroxylation sites is 3. The van der Waals surface area contributed by atoms with Crippen LogP contribution in [-0.2, 0) is 0 Å². The highest BCUT2D eigenvalue weighted by Crippen LogP contribution is 2.38. The first-order chi connectivity index (χ1) is 12.3. The van der Waals surface area contributed by atoms with Crippen molar-refractivity contribution in [3.05, 3.63) is 60.4 Å². The van der Waals surface area contributed by atoms with Crippen LogP contribution in [0.5, 0.6) is 0 Å². The number of fused-ring (bicyclic) bond motifs is 1. The Bertz CT molecular complexity index is 906. The molecule has 1 fully saturated rings. The van der Waals surface area contributed by atoms with Crippen LogP contribution in [0.25, 0.3) is 11.0 Å². The number of thioether (sulfide) groups is 1. The third kappa shape index (κ3) is 3.66. The number of rotatable bonds is 4. The van der Waals surface area contributed by atoms with Crippen molar-refractivity contribution in [3.63, 3.8) is 0 Å². The molecule has 2 aromatic carbocycles. The minimum absolute atomic E-state index is 0.224. The summed E-state index contributed by atoms with van der Waals surface area (Å²) in [6.45, 7) is 0. The Labute approximate surface area is 151 Å². The summed E-state index contributed by atoms with van der Waals surface area (Å²) in [5.41, 5.74) is 2.69. The zero-order valence-corrected chi connectivity index (χ0v) is 14.6. The lowest BCUT2D eigenvalue weighted by Gasteiger charge is -2.14. The number of carbonyl (C=O) groups is 1. The van der Waals surface area contributed by atoms with Gasteiger partial charge < -0.3 is 5.32 Å². The van der Waals surface area contributed by atoms with Gasteiger partial charge in [0.05, 0.1) is 22.9 Å². The summed E-state index contributed by atoms with van der Waals surface area (Å²) in [6.07, 6.45) is 6.65. The van der Waals surface area contributed by atoms with Gasteiger partial charge in [0.25, 0.3) is 5.91 Å². The molecule has 0 aliphatic heterocycles. The van der Waals surface area contributed by atoms with E-state index >= 15 is 0 Å². The van der Waals surface area contributed by atoms with Crippen LogP contribution in [0.15, 0.2) is 59.6 Å². The van der Waals surface area contributed by atoms with Crippen LogP contribution in [0.3, 0.4) is 0 Å². The van der Waals surface area contributed by atoms with Gasteiger partial charge in [0.15, 0.2) is 0 Å². The van der Waals surface area contributed by atoms with Crippen LogP contribution in [0.1, 0.15) is 36.2 Å². The van der Waals surface area contributed by atoms with Crippen LogP contribution in [-0.4, -0.2) is 21.1 Å². The quantitative estimate of drug-likeness (QED) is 0.726. The molecule has 126 valence electrons. The first kappa shape index (κ1) is 16.1. The number of hydrogen-bond donors (Lipinski definition) is 1. The van der Waals surface area contributed by atoms with Gasteiger partial charge in [0.1, 0.15) is 5.69 Å². The molecule has 1 aliphatic carbocycles. The Balaban J connectivity index is 1.55. The Kier molecular flexibility index (Phi) is 4.65. The van der Waals surface area contributed by atoms with Crippen molar-refractivity contribution in [1.82, 2.24) is 9.97 Å². The molecule has 0 bridgehead atoms. The fraction of sp³-hybridized carbons (Fsp3) is 0.250. The predicted octanol–water partition coefficient (Wildman–Crippen LogP) is 4.92. The van der Waals surface area contributed by atoms with E-state index in [1.54, 1.807) is 0 Å². The molecule has 3 aromatic rings. The van der Waals surface area contributed by atoms with E-state index in [0.717, 1.165) is 21.6 Å². The number of nitrogens with one attached hydrogen (secondary N) is 1. The minimum Gasteiger partial charge on any atom is -0.320 e. The maximum Gasteiger partial charge on any atom is 0.275 e. The van der Waals surface area contributed by atoms with Crippen LogP contribution in [0.2, 0.25) is 0 Å². The highest BCUT2D eigenvalue weighted by Gasteiger charge is 2.18. The number of benzene rings is 2. The maximum atomic E-state index is 12.6. The van der Waals surface area contributed by atoms with Crippen molar-refractivity contribution in [2.45, 2.75) is 35.8 Å². The monoisotopic (exact) mass is 349 g/mol. The van der Waals surface area contributed by atoms with Crippen LogP contribution in [0.4, 0.5) is 5.69 Å². The molecular formula is C20H19N3OS. The highest BCUT2D eigenvalue weighted by atomic mass is 32.2. The van der Waals surface area contributed by atoms with Gasteiger partial charge in [0.2, 0.25) is 0 Å². The van der Waals surface area contributed by atoms with Gasteiger partial charge in [-0.2, -0.15) is 0 Å². The van der Waals surface area contributed by atoms with Gasteiger partial charge in [-0.25, -0.2) is 4.98 Å². The third-order valence-corrected chi connectivity index (χ3v) is 5.83. The fourth-order valence-corrected chi connectivity index (χ4v) is 4.44. The second-order valence-corrected chi connectivity index (χ2v) is 7.56. The van der Waals surface area contributed by atoms with E-state index in [2.05, 4.69) is 21.4 Å². The highest BCUT2D eigenvalue weighted by molar-refractivity contribution is 8.00. The number of aromatic nitrogens is 2. The van der Waals surface area contributed by atoms with E-state index in [1.165, 1.54) is 31.9 Å². The molecule has 0 atom stereocenters. The Morgan fingerprint density at radius 3 is 2.56 bits per heavy atom. The minimum atomic E-state index is -0.224. The van der Waals surface area contributed by atoms with E-state index < -0.39 is 0 Å². The molecule has 25 heavy (non-hydrogen) atoms. The molecule has 5 heteroatoms. The third-order valence-electron chi connectivity index (χ3n) is 4.41. The second-order valence-electron chi connectivity index (χ2n) is 6.22. The van der Waals surface area contributed by atoms with Crippen LogP contribution >= 0.6 is 11.8 Å². The molecule has 1 N–H and O–H groups in total. The van der Waals surface area contributed by atoms with Gasteiger partial charge in [-0.1, -0.05) is 37.1 Å². The van der Waals surface area contributed by atoms with Crippen molar-refractivity contribution in [1.29, 1.82) is 0 Å². The van der Waals surface area contributed by atoms with Crippen molar-refractivity contribution >= 4 is 34.4 Å². The normalized spacial score (nSPS) is 14.7. The van der Waals surface area contributed by atoms with Gasteiger partial charge in [-0.3, -0.25) is 9.78 Å². The molecule has 4 nitrogen and oxygen atoms in total. The molecule has 0 unspecified atom stereocenters. The molecule has 1 saturated carbocycles. The molecular weight excluding hydrogens is 330 g/mol. The first-order valence-corrected chi connectivity index (χ1v) is 9.46. The molecule has 1 heterocycles. The summed E-state index contributed by atoms with van der Waals surface area (Å²) < 4.78 is 0. The van der Waals surface area contributed by atoms with Crippen molar-refractivity contribution in [2.75, 3.05) is 5.32 Å². The van der Waals surface area contributed by atoms with E-state index in [-0.39, 0.29) is 5.91 Å². The lowest BCUT2D eigenvalue weighted by atomic mass is 10.2. The number of amides is 1. The SMILES string of the molecule is O=C(Nc1ccccc1SC1CCCC1)c1cnc2ccccc2n1. The van der Waals surface area contributed by atoms with Crippen molar-refractivity contribution < 1.29 is 4.79 Å². The Hall–Kier alpha value is -2.40. The summed E-state index contributed by atoms with van der Waals surface area (Å²) in [5, 5.41) is 3.65. The molecule has 0 saturated heterocycles. The van der Waals surface area contributed by atoms with Crippen molar-refractivity contribution in [2.24, 2.45) is 0 Å². The van der Waals surface area contributed by atoms with Crippen LogP contribution < -0.4 is 5.32 Å². The number of hydrogen-bond acceptors (Lipinski definition) is 4. The van der Waals surface area contributed by atoms with Gasteiger partial charge in [0, 0.05) is 10.1 Å². The van der Waals surface area contributed by atoms with E-state index in [4.69, 9.17) is 0 Å². The molecule has 4 rings (SSSR count). The van der Waals surface area contributed by atoms with E-state index in [9.17, 15) is 4.79 Å². The van der Waals surface area contributed by atoms with E-state index in [1.807, 2.05) is 54.2 Å². The summed E-state index contributed by atoms with van der Waals surface area (Å²) in [4.78, 5) is 22.5. The fourth-order valence-electron chi connectivity index (χ4n) is 3.11. The summed E-state index contributed by atoms with van der Waals surface area (Å²) >= 11 is 1.87. The Morgan fingerprint density at radius 2 is 1.72 bits per heavy atom. The predicted molar refractivity (Wildman–Crippen MR) is 102 cm³/mol. The number of carbonyl (C=O) groups excluding carboxylic acids is 1.